The second-order valence-electron chi connectivity index (χ2n) is 3.04. The van der Waals surface area contributed by atoms with Gasteiger partial charge in [-0.25, -0.2) is 12.1 Å². The van der Waals surface area contributed by atoms with Crippen LogP contribution in [0.1, 0.15) is 0 Å². The molecule has 0 bridgehead atoms. The number of rotatable bonds is 3. The van der Waals surface area contributed by atoms with Gasteiger partial charge in [0.05, 0.1) is 0 Å². The maximum absolute atomic E-state index is 5.66. The first-order valence-corrected chi connectivity index (χ1v) is 5.93. The second-order valence-corrected chi connectivity index (χ2v) is 4.57. The van der Waals surface area contributed by atoms with Crippen LogP contribution in [0.15, 0.2) is 67.3 Å². The minimum Gasteiger partial charge on any atom is -0.748 e. The van der Waals surface area contributed by atoms with Crippen LogP contribution in [0.25, 0.3) is 0 Å². The van der Waals surface area contributed by atoms with Crippen molar-refractivity contribution >= 4 is 13.9 Å². The molecule has 92 valence electrons. The molecular formula is C13H16FeNP-6. The van der Waals surface area contributed by atoms with Crippen LogP contribution in [0.5, 0.6) is 0 Å². The van der Waals surface area contributed by atoms with Crippen molar-refractivity contribution in [2.75, 3.05) is 0 Å². The van der Waals surface area contributed by atoms with Crippen LogP contribution in [0, 0.1) is 0 Å². The normalized spacial score (nSPS) is 11.3. The van der Waals surface area contributed by atoms with Gasteiger partial charge in [0.15, 0.2) is 0 Å². The van der Waals surface area contributed by atoms with Gasteiger partial charge in [0.1, 0.15) is 0 Å². The molecule has 2 unspecified atom stereocenters. The van der Waals surface area contributed by atoms with E-state index >= 15 is 0 Å². The average molecular weight is 273 g/mol. The van der Waals surface area contributed by atoms with Crippen molar-refractivity contribution < 1.29 is 17.1 Å². The molecule has 16 heavy (non-hydrogen) atoms. The summed E-state index contributed by atoms with van der Waals surface area (Å²) in [5.41, 5.74) is 5.66. The molecule has 0 heterocycles. The van der Waals surface area contributed by atoms with Crippen LogP contribution in [-0.4, -0.2) is 5.78 Å². The maximum atomic E-state index is 5.66. The van der Waals surface area contributed by atoms with Crippen molar-refractivity contribution in [2.24, 2.45) is 5.73 Å². The molecule has 3 heteroatoms. The minimum absolute atomic E-state index is 0. The molecule has 0 saturated carbocycles. The summed E-state index contributed by atoms with van der Waals surface area (Å²) in [4.78, 5) is 0. The molecule has 0 aliphatic heterocycles. The van der Waals surface area contributed by atoms with E-state index in [0.717, 1.165) is 0 Å². The van der Waals surface area contributed by atoms with Gasteiger partial charge in [-0.3, -0.25) is 0 Å². The van der Waals surface area contributed by atoms with Gasteiger partial charge in [-0.1, -0.05) is 6.08 Å². The average Bonchev–Trinajstić information content (AvgIpc) is 2.92. The number of hydrogen-bond acceptors (Lipinski definition) is 1. The van der Waals surface area contributed by atoms with Crippen molar-refractivity contribution in [3.63, 3.8) is 0 Å². The molecular weight excluding hydrogens is 257 g/mol. The van der Waals surface area contributed by atoms with Crippen LogP contribution >= 0.6 is 8.58 Å². The fraction of sp³-hybridized carbons (Fsp3) is 0.0769. The molecule has 1 nitrogen and oxygen atoms in total. The summed E-state index contributed by atoms with van der Waals surface area (Å²) in [6, 6.07) is 18.2. The fourth-order valence-electron chi connectivity index (χ4n) is 1.04. The molecule has 0 spiro atoms. The minimum atomic E-state index is 0. The summed E-state index contributed by atoms with van der Waals surface area (Å²) < 4.78 is 0. The van der Waals surface area contributed by atoms with E-state index in [1.165, 1.54) is 5.30 Å². The van der Waals surface area contributed by atoms with E-state index in [1.807, 2.05) is 42.5 Å². The Morgan fingerprint density at radius 1 is 1.12 bits per heavy atom. The van der Waals surface area contributed by atoms with Crippen LogP contribution in [0.4, 0.5) is 0 Å². The van der Waals surface area contributed by atoms with E-state index in [2.05, 4.69) is 18.7 Å². The Morgan fingerprint density at radius 2 is 1.56 bits per heavy atom. The van der Waals surface area contributed by atoms with Crippen molar-refractivity contribution in [1.82, 2.24) is 0 Å². The van der Waals surface area contributed by atoms with Gasteiger partial charge in [0.25, 0.3) is 0 Å². The predicted octanol–water partition coefficient (Wildman–Crippen LogP) is 2.58. The molecule has 2 rings (SSSR count). The van der Waals surface area contributed by atoms with Crippen LogP contribution in [0.2, 0.25) is 0 Å². The largest absolute Gasteiger partial charge is 0.748 e. The predicted molar refractivity (Wildman–Crippen MR) is 70.2 cm³/mol. The summed E-state index contributed by atoms with van der Waals surface area (Å²) in [5, 5.41) is 1.31. The van der Waals surface area contributed by atoms with Gasteiger partial charge in [-0.05, 0) is 0 Å². The third-order valence-electron chi connectivity index (χ3n) is 1.81. The van der Waals surface area contributed by atoms with E-state index in [1.54, 1.807) is 6.08 Å². The second kappa shape index (κ2) is 9.57. The van der Waals surface area contributed by atoms with E-state index in [0.29, 0.717) is 8.58 Å². The number of nitrogens with two attached hydrogens (primary N) is 1. The molecule has 0 aliphatic carbocycles. The van der Waals surface area contributed by atoms with Crippen molar-refractivity contribution in [3.05, 3.63) is 67.3 Å². The summed E-state index contributed by atoms with van der Waals surface area (Å²) in [6.45, 7) is 3.62. The van der Waals surface area contributed by atoms with E-state index < -0.39 is 0 Å². The molecule has 0 saturated heterocycles. The Balaban J connectivity index is 0.000000318. The van der Waals surface area contributed by atoms with E-state index in [9.17, 15) is 0 Å². The number of hydrogen-bond donors (Lipinski definition) is 1. The molecule has 2 N–H and O–H groups in total. The Kier molecular flexibility index (Phi) is 9.18. The zero-order chi connectivity index (χ0) is 10.9. The summed E-state index contributed by atoms with van der Waals surface area (Å²) in [7, 11) is 0.662. The smallest absolute Gasteiger partial charge is 0.0326 e. The fourth-order valence-corrected chi connectivity index (χ4v) is 1.93. The molecule has 2 atom stereocenters. The van der Waals surface area contributed by atoms with Gasteiger partial charge in [0, 0.05) is 22.9 Å². The first-order chi connectivity index (χ1) is 7.33. The van der Waals surface area contributed by atoms with Crippen LogP contribution in [-0.2, 0) is 17.1 Å². The van der Waals surface area contributed by atoms with E-state index in [4.69, 9.17) is 5.73 Å². The zero-order valence-corrected chi connectivity index (χ0v) is 11.1. The molecule has 2 aromatic rings. The molecule has 2 aromatic carbocycles. The van der Waals surface area contributed by atoms with Crippen molar-refractivity contribution in [3.8, 4) is 0 Å². The Bertz CT molecular complexity index is 323. The first-order valence-electron chi connectivity index (χ1n) is 4.86. The molecule has 0 aromatic heterocycles. The van der Waals surface area contributed by atoms with Crippen molar-refractivity contribution in [1.29, 1.82) is 0 Å². The third-order valence-corrected chi connectivity index (χ3v) is 3.04. The Morgan fingerprint density at radius 3 is 1.94 bits per heavy atom. The van der Waals surface area contributed by atoms with Gasteiger partial charge >= 0.3 is 0 Å². The Labute approximate surface area is 110 Å². The van der Waals surface area contributed by atoms with Gasteiger partial charge in [0.2, 0.25) is 0 Å². The van der Waals surface area contributed by atoms with Gasteiger partial charge in [-0.15, -0.1) is 20.5 Å². The summed E-state index contributed by atoms with van der Waals surface area (Å²) in [6.07, 6.45) is 1.78. The monoisotopic (exact) mass is 273 g/mol. The zero-order valence-electron chi connectivity index (χ0n) is 8.99. The summed E-state index contributed by atoms with van der Waals surface area (Å²) >= 11 is 0. The maximum Gasteiger partial charge on any atom is 0.0326 e. The topological polar surface area (TPSA) is 26.0 Å². The van der Waals surface area contributed by atoms with E-state index in [-0.39, 0.29) is 22.9 Å². The van der Waals surface area contributed by atoms with Crippen LogP contribution in [0.3, 0.4) is 0 Å². The molecule has 0 aliphatic rings. The van der Waals surface area contributed by atoms with Gasteiger partial charge < -0.3 is 36.1 Å². The third kappa shape index (κ3) is 6.76. The first kappa shape index (κ1) is 15.3. The molecule has 0 radical (unpaired) electrons. The molecule has 0 fully saturated rings. The van der Waals surface area contributed by atoms with Crippen molar-refractivity contribution in [2.45, 2.75) is 5.78 Å². The SMILES string of the molecule is C=CC(N)P[c-]1cccc1.[Fe].[cH-]1[cH-][cH-][cH-][cH-]1. The quantitative estimate of drug-likeness (QED) is 0.395. The van der Waals surface area contributed by atoms with Crippen LogP contribution < -0.4 is 11.0 Å². The standard InChI is InChI=1S/C8H11NP.C5H5.Fe/c1-2-8(9)10-7-5-3-4-6-7;1-2-4-5-3-1;/h2-6,8,10H,1,9H2;1-5H;/q-1;-5;. The van der Waals surface area contributed by atoms with Gasteiger partial charge in [-0.2, -0.15) is 12.1 Å². The molecule has 0 amide bonds. The Hall–Kier alpha value is -0.651. The summed E-state index contributed by atoms with van der Waals surface area (Å²) in [5.74, 6) is 0.127.